The van der Waals surface area contributed by atoms with Gasteiger partial charge in [0.05, 0.1) is 27.8 Å². The largest absolute Gasteiger partial charge is 0.488 e. The Balaban J connectivity index is 1.68. The number of alkyl halides is 3. The molecule has 6 nitrogen and oxygen atoms in total. The zero-order valence-corrected chi connectivity index (χ0v) is 20.6. The van der Waals surface area contributed by atoms with Gasteiger partial charge in [0.2, 0.25) is 0 Å². The van der Waals surface area contributed by atoms with Gasteiger partial charge in [0, 0.05) is 18.0 Å². The van der Waals surface area contributed by atoms with E-state index in [-0.39, 0.29) is 23.5 Å². The number of fused-ring (bicyclic) bond motifs is 1. The van der Waals surface area contributed by atoms with E-state index < -0.39 is 28.7 Å². The molecule has 1 N–H and O–H groups in total. The van der Waals surface area contributed by atoms with E-state index in [9.17, 15) is 18.0 Å². The molecule has 1 fully saturated rings. The molecule has 11 heteroatoms. The molecule has 1 atom stereocenters. The number of carbonyl (C=O) groups excluding carboxylic acids is 1. The van der Waals surface area contributed by atoms with Gasteiger partial charge in [0.1, 0.15) is 17.4 Å². The van der Waals surface area contributed by atoms with Crippen molar-refractivity contribution in [3.63, 3.8) is 0 Å². The number of carbonyl (C=O) groups is 1. The molecule has 0 aromatic heterocycles. The van der Waals surface area contributed by atoms with Gasteiger partial charge in [-0.15, -0.1) is 11.8 Å². The summed E-state index contributed by atoms with van der Waals surface area (Å²) >= 11 is 7.19. The lowest BCUT2D eigenvalue weighted by atomic mass is 10.0. The van der Waals surface area contributed by atoms with Gasteiger partial charge in [0.25, 0.3) is 5.91 Å². The summed E-state index contributed by atoms with van der Waals surface area (Å²) in [5.74, 6) is 0.924. The number of hydrogen-bond donors (Lipinski definition) is 1. The van der Waals surface area contributed by atoms with E-state index in [4.69, 9.17) is 27.3 Å². The minimum Gasteiger partial charge on any atom is -0.488 e. The summed E-state index contributed by atoms with van der Waals surface area (Å²) in [6.45, 7) is 3.42. The van der Waals surface area contributed by atoms with Gasteiger partial charge in [-0.25, -0.2) is 0 Å². The number of thiocarbonyl (C=S) groups is 1. The third kappa shape index (κ3) is 4.58. The maximum atomic E-state index is 13.5. The highest BCUT2D eigenvalue weighted by Gasteiger charge is 2.51. The topological polar surface area (TPSA) is 76.8 Å². The molecule has 35 heavy (non-hydrogen) atoms. The van der Waals surface area contributed by atoms with Crippen LogP contribution >= 0.6 is 24.0 Å². The van der Waals surface area contributed by atoms with Gasteiger partial charge < -0.3 is 14.7 Å². The fraction of sp³-hybridized carbons (Fsp3) is 0.375. The summed E-state index contributed by atoms with van der Waals surface area (Å²) in [6.07, 6.45) is -3.38. The van der Waals surface area contributed by atoms with E-state index >= 15 is 0 Å². The van der Waals surface area contributed by atoms with Crippen LogP contribution in [0.5, 0.6) is 5.75 Å². The fourth-order valence-electron chi connectivity index (χ4n) is 4.16. The van der Waals surface area contributed by atoms with Crippen molar-refractivity contribution in [2.75, 3.05) is 22.2 Å². The Hall–Kier alpha value is -2.81. The molecule has 0 radical (unpaired) electrons. The predicted molar refractivity (Wildman–Crippen MR) is 131 cm³/mol. The van der Waals surface area contributed by atoms with Crippen LogP contribution in [0.2, 0.25) is 0 Å². The van der Waals surface area contributed by atoms with E-state index in [1.807, 2.05) is 6.07 Å². The first-order valence-electron chi connectivity index (χ1n) is 10.8. The van der Waals surface area contributed by atoms with E-state index in [1.54, 1.807) is 48.7 Å². The number of thioether (sulfide) groups is 1. The smallest absolute Gasteiger partial charge is 0.417 e. The third-order valence-electron chi connectivity index (χ3n) is 5.94. The number of halogens is 3. The molecule has 1 amide bonds. The molecule has 1 saturated heterocycles. The third-order valence-corrected chi connectivity index (χ3v) is 7.48. The molecule has 0 spiro atoms. The van der Waals surface area contributed by atoms with Gasteiger partial charge in [-0.2, -0.15) is 18.4 Å². The summed E-state index contributed by atoms with van der Waals surface area (Å²) in [5.41, 5.74) is -2.25. The zero-order valence-electron chi connectivity index (χ0n) is 18.9. The van der Waals surface area contributed by atoms with Crippen molar-refractivity contribution >= 4 is 46.4 Å². The first-order chi connectivity index (χ1) is 16.5. The number of ether oxygens (including phenoxy) is 1. The number of nitriles is 1. The van der Waals surface area contributed by atoms with Crippen molar-refractivity contribution in [1.29, 1.82) is 5.26 Å². The lowest BCUT2D eigenvalue weighted by Crippen LogP contribution is -2.44. The fourth-order valence-corrected chi connectivity index (χ4v) is 5.75. The maximum Gasteiger partial charge on any atom is 0.417 e. The number of anilines is 2. The van der Waals surface area contributed by atoms with Crippen molar-refractivity contribution in [3.8, 4) is 11.8 Å². The normalized spacial score (nSPS) is 19.4. The first-order valence-corrected chi connectivity index (χ1v) is 12.2. The average molecular weight is 522 g/mol. The maximum absolute atomic E-state index is 13.5. The lowest BCUT2D eigenvalue weighted by molar-refractivity contribution is -0.137. The van der Waals surface area contributed by atoms with Crippen LogP contribution in [-0.2, 0) is 11.0 Å². The van der Waals surface area contributed by atoms with Crippen LogP contribution in [-0.4, -0.2) is 40.1 Å². The summed E-state index contributed by atoms with van der Waals surface area (Å²) < 4.78 is 46.6. The molecule has 0 saturated carbocycles. The number of aliphatic hydroxyl groups is 1. The molecule has 2 aliphatic rings. The van der Waals surface area contributed by atoms with E-state index in [1.165, 1.54) is 6.07 Å². The highest BCUT2D eigenvalue weighted by Crippen LogP contribution is 2.43. The summed E-state index contributed by atoms with van der Waals surface area (Å²) in [4.78, 5) is 16.9. The van der Waals surface area contributed by atoms with Crippen molar-refractivity contribution in [1.82, 2.24) is 0 Å². The second-order valence-corrected chi connectivity index (χ2v) is 10.1. The number of benzene rings is 2. The molecule has 0 bridgehead atoms. The monoisotopic (exact) mass is 521 g/mol. The van der Waals surface area contributed by atoms with Crippen molar-refractivity contribution in [2.24, 2.45) is 0 Å². The Bertz CT molecular complexity index is 1230. The van der Waals surface area contributed by atoms with E-state index in [0.29, 0.717) is 23.6 Å². The Morgan fingerprint density at radius 3 is 2.63 bits per heavy atom. The van der Waals surface area contributed by atoms with E-state index in [2.05, 4.69) is 0 Å². The molecule has 2 aliphatic heterocycles. The Morgan fingerprint density at radius 1 is 1.26 bits per heavy atom. The highest BCUT2D eigenvalue weighted by molar-refractivity contribution is 7.99. The van der Waals surface area contributed by atoms with Crippen molar-refractivity contribution in [3.05, 3.63) is 47.5 Å². The van der Waals surface area contributed by atoms with E-state index in [0.717, 1.165) is 28.3 Å². The van der Waals surface area contributed by atoms with Crippen molar-refractivity contribution < 1.29 is 27.8 Å². The highest BCUT2D eigenvalue weighted by atomic mass is 32.2. The van der Waals surface area contributed by atoms with Gasteiger partial charge in [-0.05, 0) is 75.3 Å². The quantitative estimate of drug-likeness (QED) is 0.548. The molecule has 0 aliphatic carbocycles. The molecule has 4 rings (SSSR count). The van der Waals surface area contributed by atoms with Gasteiger partial charge in [0.15, 0.2) is 5.11 Å². The van der Waals surface area contributed by atoms with Crippen LogP contribution in [0.4, 0.5) is 24.5 Å². The lowest BCUT2D eigenvalue weighted by Gasteiger charge is -2.31. The second-order valence-electron chi connectivity index (χ2n) is 8.70. The van der Waals surface area contributed by atoms with Gasteiger partial charge >= 0.3 is 6.18 Å². The predicted octanol–water partition coefficient (Wildman–Crippen LogP) is 5.12. The molecule has 184 valence electrons. The van der Waals surface area contributed by atoms with Gasteiger partial charge in [-0.1, -0.05) is 0 Å². The minimum atomic E-state index is -4.76. The Labute approximate surface area is 210 Å². The molecule has 2 aromatic carbocycles. The standard InChI is InChI=1S/C24H22F3N3O3S2/c1-23(2)21(32)29(15-6-5-14(12-28)18(10-15)24(25,26)27)22(34)30(23)16-7-8-19-20(11-16)35-13-17(33-19)4-3-9-31/h5-8,10-11,17,31H,3-4,9,13H2,1-2H3. The number of amides is 1. The summed E-state index contributed by atoms with van der Waals surface area (Å²) in [7, 11) is 0. The molecule has 1 unspecified atom stereocenters. The minimum absolute atomic E-state index is 0.00826. The average Bonchev–Trinajstić information content (AvgIpc) is 2.99. The van der Waals surface area contributed by atoms with Gasteiger partial charge in [-0.3, -0.25) is 9.69 Å². The summed E-state index contributed by atoms with van der Waals surface area (Å²) in [5, 5.41) is 18.2. The SMILES string of the molecule is CC1(C)C(=O)N(c2ccc(C#N)c(C(F)(F)F)c2)C(=S)N1c1ccc2c(c1)SCC(CCCO)O2. The van der Waals surface area contributed by atoms with Crippen molar-refractivity contribution in [2.45, 2.75) is 49.4 Å². The number of aliphatic hydroxyl groups excluding tert-OH is 1. The Morgan fingerprint density at radius 2 is 1.97 bits per heavy atom. The van der Waals surface area contributed by atoms with Crippen LogP contribution in [0.1, 0.15) is 37.8 Å². The van der Waals surface area contributed by atoms with Crippen LogP contribution < -0.4 is 14.5 Å². The van der Waals surface area contributed by atoms with Crippen LogP contribution in [0, 0.1) is 11.3 Å². The molecular weight excluding hydrogens is 499 g/mol. The summed E-state index contributed by atoms with van der Waals surface area (Å²) in [6, 6.07) is 10.1. The number of nitrogens with zero attached hydrogens (tertiary/aromatic N) is 3. The molecular formula is C24H22F3N3O3S2. The van der Waals surface area contributed by atoms with Crippen LogP contribution in [0.15, 0.2) is 41.3 Å². The molecule has 2 aromatic rings. The second kappa shape index (κ2) is 9.33. The van der Waals surface area contributed by atoms with Crippen LogP contribution in [0.25, 0.3) is 0 Å². The Kier molecular flexibility index (Phi) is 6.74. The number of rotatable bonds is 5. The molecule has 2 heterocycles. The first kappa shape index (κ1) is 25.3. The number of hydrogen-bond acceptors (Lipinski definition) is 6. The zero-order chi connectivity index (χ0) is 25.5. The van der Waals surface area contributed by atoms with Crippen LogP contribution in [0.3, 0.4) is 0 Å².